The maximum absolute atomic E-state index is 13.4. The number of aromatic nitrogens is 2. The van der Waals surface area contributed by atoms with Crippen molar-refractivity contribution in [1.29, 1.82) is 0 Å². The number of nitrogens with one attached hydrogen (secondary N) is 1. The average molecular weight is 478 g/mol. The Kier molecular flexibility index (Phi) is 6.39. The number of halogens is 1. The highest BCUT2D eigenvalue weighted by atomic mass is 19.1. The van der Waals surface area contributed by atoms with Crippen LogP contribution >= 0.6 is 0 Å². The summed E-state index contributed by atoms with van der Waals surface area (Å²) >= 11 is 0. The largest absolute Gasteiger partial charge is 0.477 e. The highest BCUT2D eigenvalue weighted by Gasteiger charge is 2.34. The van der Waals surface area contributed by atoms with Crippen molar-refractivity contribution < 1.29 is 18.7 Å². The van der Waals surface area contributed by atoms with Gasteiger partial charge in [0.2, 0.25) is 5.91 Å². The zero-order valence-electron chi connectivity index (χ0n) is 19.6. The molecular formula is C26H28FN5O3. The fourth-order valence-corrected chi connectivity index (χ4v) is 4.63. The van der Waals surface area contributed by atoms with E-state index < -0.39 is 6.10 Å². The molecule has 8 nitrogen and oxygen atoms in total. The molecule has 5 rings (SSSR count). The lowest BCUT2D eigenvalue weighted by Gasteiger charge is -2.38. The predicted octanol–water partition coefficient (Wildman–Crippen LogP) is 3.54. The number of aryl methyl sites for hydroxylation is 1. The van der Waals surface area contributed by atoms with Crippen LogP contribution in [0, 0.1) is 12.7 Å². The van der Waals surface area contributed by atoms with Gasteiger partial charge in [-0.2, -0.15) is 5.10 Å². The van der Waals surface area contributed by atoms with E-state index in [0.717, 1.165) is 38.0 Å². The Bertz CT molecular complexity index is 1220. The number of rotatable bonds is 5. The van der Waals surface area contributed by atoms with Crippen molar-refractivity contribution in [1.82, 2.24) is 14.7 Å². The van der Waals surface area contributed by atoms with Crippen LogP contribution in [-0.2, 0) is 9.59 Å². The van der Waals surface area contributed by atoms with Crippen LogP contribution in [0.15, 0.2) is 54.6 Å². The molecule has 0 radical (unpaired) electrons. The molecular weight excluding hydrogens is 449 g/mol. The maximum Gasteiger partial charge on any atom is 0.265 e. The molecule has 0 saturated carbocycles. The number of para-hydroxylation sites is 2. The van der Waals surface area contributed by atoms with Gasteiger partial charge < -0.3 is 19.9 Å². The first-order chi connectivity index (χ1) is 17.0. The second-order valence-corrected chi connectivity index (χ2v) is 8.95. The number of hydrogen-bond donors (Lipinski definition) is 1. The minimum Gasteiger partial charge on any atom is -0.477 e. The van der Waals surface area contributed by atoms with Crippen LogP contribution in [0.5, 0.6) is 5.75 Å². The zero-order chi connectivity index (χ0) is 24.4. The van der Waals surface area contributed by atoms with E-state index in [2.05, 4.69) is 10.4 Å². The predicted molar refractivity (Wildman–Crippen MR) is 130 cm³/mol. The summed E-state index contributed by atoms with van der Waals surface area (Å²) in [5, 5.41) is 7.35. The molecule has 2 aliphatic heterocycles. The van der Waals surface area contributed by atoms with Gasteiger partial charge in [-0.3, -0.25) is 9.59 Å². The number of anilines is 2. The number of benzene rings is 2. The van der Waals surface area contributed by atoms with Gasteiger partial charge in [0, 0.05) is 19.2 Å². The summed E-state index contributed by atoms with van der Waals surface area (Å²) in [7, 11) is 0. The smallest absolute Gasteiger partial charge is 0.265 e. The number of piperidine rings is 1. The molecule has 1 atom stereocenters. The fourth-order valence-electron chi connectivity index (χ4n) is 4.63. The quantitative estimate of drug-likeness (QED) is 0.608. The number of nitrogens with zero attached hydrogens (tertiary/aromatic N) is 4. The van der Waals surface area contributed by atoms with Crippen LogP contribution in [0.3, 0.4) is 0 Å². The third-order valence-electron chi connectivity index (χ3n) is 6.31. The van der Waals surface area contributed by atoms with Crippen molar-refractivity contribution >= 4 is 23.3 Å². The molecule has 1 saturated heterocycles. The molecule has 182 valence electrons. The lowest BCUT2D eigenvalue weighted by atomic mass is 10.1. The molecule has 1 aromatic heterocycles. The Morgan fingerprint density at radius 1 is 1.09 bits per heavy atom. The van der Waals surface area contributed by atoms with Gasteiger partial charge in [-0.25, -0.2) is 9.07 Å². The van der Waals surface area contributed by atoms with Crippen LogP contribution in [0.25, 0.3) is 5.69 Å². The fraction of sp³-hybridized carbons (Fsp3) is 0.346. The van der Waals surface area contributed by atoms with Gasteiger partial charge in [0.05, 0.1) is 30.2 Å². The van der Waals surface area contributed by atoms with Gasteiger partial charge in [-0.05, 0) is 62.6 Å². The zero-order valence-corrected chi connectivity index (χ0v) is 19.6. The summed E-state index contributed by atoms with van der Waals surface area (Å²) in [4.78, 5) is 30.0. The highest BCUT2D eigenvalue weighted by Crippen LogP contribution is 2.33. The summed E-state index contributed by atoms with van der Waals surface area (Å²) in [6, 6.07) is 15.1. The third-order valence-corrected chi connectivity index (χ3v) is 6.31. The van der Waals surface area contributed by atoms with E-state index in [4.69, 9.17) is 4.74 Å². The third kappa shape index (κ3) is 4.99. The first-order valence-electron chi connectivity index (χ1n) is 11.9. The molecule has 2 amide bonds. The molecule has 1 unspecified atom stereocenters. The molecule has 3 heterocycles. The van der Waals surface area contributed by atoms with E-state index in [0.29, 0.717) is 22.9 Å². The van der Waals surface area contributed by atoms with E-state index in [9.17, 15) is 14.0 Å². The van der Waals surface area contributed by atoms with Crippen molar-refractivity contribution in [3.8, 4) is 11.4 Å². The number of ether oxygens (including phenoxy) is 1. The number of carbonyl (C=O) groups is 2. The van der Waals surface area contributed by atoms with Crippen LogP contribution < -0.4 is 15.0 Å². The van der Waals surface area contributed by atoms with Gasteiger partial charge >= 0.3 is 0 Å². The molecule has 2 aliphatic rings. The van der Waals surface area contributed by atoms with Crippen molar-refractivity contribution in [2.24, 2.45) is 0 Å². The molecule has 2 aromatic carbocycles. The summed E-state index contributed by atoms with van der Waals surface area (Å²) in [6.45, 7) is 3.64. The van der Waals surface area contributed by atoms with Crippen molar-refractivity contribution in [2.75, 3.05) is 36.4 Å². The average Bonchev–Trinajstić information content (AvgIpc) is 3.24. The summed E-state index contributed by atoms with van der Waals surface area (Å²) in [6.07, 6.45) is 2.48. The Hall–Kier alpha value is -3.88. The first-order valence-corrected chi connectivity index (χ1v) is 11.9. The second kappa shape index (κ2) is 9.77. The van der Waals surface area contributed by atoms with E-state index in [1.54, 1.807) is 22.9 Å². The number of amides is 2. The SMILES string of the molecule is Cc1cc(NC(=O)CN2CC(C(=O)N3CCCCC3)Oc3ccccc32)n(-c2ccc(F)cc2)n1. The first kappa shape index (κ1) is 22.9. The molecule has 1 N–H and O–H groups in total. The van der Waals surface area contributed by atoms with Crippen LogP contribution in [0.4, 0.5) is 15.9 Å². The Morgan fingerprint density at radius 2 is 1.83 bits per heavy atom. The van der Waals surface area contributed by atoms with Crippen LogP contribution in [0.2, 0.25) is 0 Å². The normalized spacial score (nSPS) is 17.5. The number of carbonyl (C=O) groups excluding carboxylic acids is 2. The molecule has 9 heteroatoms. The molecule has 0 aliphatic carbocycles. The monoisotopic (exact) mass is 477 g/mol. The minimum atomic E-state index is -0.664. The Morgan fingerprint density at radius 3 is 2.60 bits per heavy atom. The number of fused-ring (bicyclic) bond motifs is 1. The maximum atomic E-state index is 13.4. The molecule has 1 fully saturated rings. The summed E-state index contributed by atoms with van der Waals surface area (Å²) in [5.74, 6) is 0.447. The van der Waals surface area contributed by atoms with Crippen molar-refractivity contribution in [3.63, 3.8) is 0 Å². The second-order valence-electron chi connectivity index (χ2n) is 8.95. The van der Waals surface area contributed by atoms with Gasteiger partial charge in [0.1, 0.15) is 17.4 Å². The van der Waals surface area contributed by atoms with Crippen LogP contribution in [0.1, 0.15) is 25.0 Å². The summed E-state index contributed by atoms with van der Waals surface area (Å²) < 4.78 is 21.0. The van der Waals surface area contributed by atoms with E-state index in [1.807, 2.05) is 41.0 Å². The van der Waals surface area contributed by atoms with E-state index >= 15 is 0 Å². The number of likely N-dealkylation sites (tertiary alicyclic amines) is 1. The highest BCUT2D eigenvalue weighted by molar-refractivity contribution is 5.94. The summed E-state index contributed by atoms with van der Waals surface area (Å²) in [5.41, 5.74) is 2.13. The lowest BCUT2D eigenvalue weighted by molar-refractivity contribution is -0.139. The lowest BCUT2D eigenvalue weighted by Crippen LogP contribution is -2.52. The van der Waals surface area contributed by atoms with Gasteiger partial charge in [0.15, 0.2) is 6.10 Å². The standard InChI is InChI=1S/C26H28FN5O3/c1-18-15-24(32(29-18)20-11-9-19(27)10-12-20)28-25(33)17-31-16-23(26(34)30-13-5-2-6-14-30)35-22-8-4-3-7-21(22)31/h3-4,7-12,15,23H,2,5-6,13-14,16-17H2,1H3,(H,28,33). The van der Waals surface area contributed by atoms with E-state index in [1.165, 1.54) is 12.1 Å². The van der Waals surface area contributed by atoms with Gasteiger partial charge in [-0.15, -0.1) is 0 Å². The van der Waals surface area contributed by atoms with Crippen LogP contribution in [-0.4, -0.2) is 58.8 Å². The number of hydrogen-bond acceptors (Lipinski definition) is 5. The van der Waals surface area contributed by atoms with Crippen molar-refractivity contribution in [3.05, 3.63) is 66.1 Å². The van der Waals surface area contributed by atoms with Crippen molar-refractivity contribution in [2.45, 2.75) is 32.3 Å². The van der Waals surface area contributed by atoms with Gasteiger partial charge in [-0.1, -0.05) is 12.1 Å². The molecule has 3 aromatic rings. The molecule has 0 bridgehead atoms. The van der Waals surface area contributed by atoms with E-state index in [-0.39, 0.29) is 30.7 Å². The minimum absolute atomic E-state index is 0.0328. The molecule has 35 heavy (non-hydrogen) atoms. The Balaban J connectivity index is 1.33. The van der Waals surface area contributed by atoms with Gasteiger partial charge in [0.25, 0.3) is 5.91 Å². The Labute approximate surface area is 203 Å². The molecule has 0 spiro atoms. The topological polar surface area (TPSA) is 79.7 Å².